The molecule has 0 amide bonds. The van der Waals surface area contributed by atoms with Crippen molar-refractivity contribution in [3.63, 3.8) is 0 Å². The molecule has 0 unspecified atom stereocenters. The van der Waals surface area contributed by atoms with E-state index in [0.29, 0.717) is 13.1 Å². The van der Waals surface area contributed by atoms with Crippen LogP contribution in [-0.4, -0.2) is 51.4 Å². The van der Waals surface area contributed by atoms with Crippen LogP contribution in [0, 0.1) is 11.6 Å². The molecule has 1 aromatic carbocycles. The lowest BCUT2D eigenvalue weighted by Crippen LogP contribution is -2.46. The molecule has 0 radical (unpaired) electrons. The van der Waals surface area contributed by atoms with E-state index < -0.39 is 27.9 Å². The second-order valence-electron chi connectivity index (χ2n) is 5.93. The molecule has 5 nitrogen and oxygen atoms in total. The Morgan fingerprint density at radius 2 is 1.74 bits per heavy atom. The van der Waals surface area contributed by atoms with E-state index in [-0.39, 0.29) is 12.1 Å². The fraction of sp³-hybridized carbons (Fsp3) is 0.600. The first-order valence-corrected chi connectivity index (χ1v) is 9.12. The zero-order valence-electron chi connectivity index (χ0n) is 13.4. The number of benzene rings is 1. The summed E-state index contributed by atoms with van der Waals surface area (Å²) in [4.78, 5) is 1.60. The van der Waals surface area contributed by atoms with Crippen molar-refractivity contribution in [3.05, 3.63) is 35.4 Å². The van der Waals surface area contributed by atoms with Crippen molar-refractivity contribution >= 4 is 10.2 Å². The molecule has 1 aliphatic heterocycles. The van der Waals surface area contributed by atoms with Gasteiger partial charge in [0.15, 0.2) is 0 Å². The van der Waals surface area contributed by atoms with Gasteiger partial charge in [0.05, 0.1) is 6.04 Å². The number of hydrogen-bond donors (Lipinski definition) is 1. The number of piperidine rings is 1. The quantitative estimate of drug-likeness (QED) is 0.855. The fourth-order valence-electron chi connectivity index (χ4n) is 2.75. The molecule has 0 aliphatic carbocycles. The molecule has 1 fully saturated rings. The molecule has 0 saturated carbocycles. The molecule has 1 heterocycles. The molecular weight excluding hydrogens is 324 g/mol. The van der Waals surface area contributed by atoms with Crippen LogP contribution in [-0.2, 0) is 10.2 Å². The molecule has 2 rings (SSSR count). The molecule has 8 heteroatoms. The van der Waals surface area contributed by atoms with E-state index in [9.17, 15) is 17.2 Å². The number of likely N-dealkylation sites (N-methyl/N-ethyl adjacent to an activating group) is 1. The lowest BCUT2D eigenvalue weighted by atomic mass is 10.0. The molecule has 1 N–H and O–H groups in total. The Kier molecular flexibility index (Phi) is 6.07. The van der Waals surface area contributed by atoms with Crippen LogP contribution in [0.3, 0.4) is 0 Å². The molecule has 23 heavy (non-hydrogen) atoms. The van der Waals surface area contributed by atoms with E-state index in [2.05, 4.69) is 4.72 Å². The van der Waals surface area contributed by atoms with Gasteiger partial charge in [-0.1, -0.05) is 12.5 Å². The first-order chi connectivity index (χ1) is 10.8. The average Bonchev–Trinajstić information content (AvgIpc) is 2.50. The number of nitrogens with one attached hydrogen (secondary N) is 1. The minimum absolute atomic E-state index is 0.0936. The third-order valence-corrected chi connectivity index (χ3v) is 5.65. The average molecular weight is 347 g/mol. The molecule has 1 atom stereocenters. The van der Waals surface area contributed by atoms with Gasteiger partial charge in [-0.25, -0.2) is 13.5 Å². The van der Waals surface area contributed by atoms with Crippen molar-refractivity contribution < 1.29 is 17.2 Å². The van der Waals surface area contributed by atoms with Gasteiger partial charge in [0.2, 0.25) is 0 Å². The highest BCUT2D eigenvalue weighted by atomic mass is 32.2. The fourth-order valence-corrected chi connectivity index (χ4v) is 4.04. The van der Waals surface area contributed by atoms with Gasteiger partial charge < -0.3 is 4.90 Å². The van der Waals surface area contributed by atoms with Gasteiger partial charge >= 0.3 is 0 Å². The lowest BCUT2D eigenvalue weighted by molar-refractivity contribution is 0.279. The summed E-state index contributed by atoms with van der Waals surface area (Å²) in [6.07, 6.45) is 2.69. The van der Waals surface area contributed by atoms with E-state index in [1.807, 2.05) is 0 Å². The predicted octanol–water partition coefficient (Wildman–Crippen LogP) is 1.89. The predicted molar refractivity (Wildman–Crippen MR) is 85.1 cm³/mol. The number of rotatable bonds is 6. The topological polar surface area (TPSA) is 52.7 Å². The van der Waals surface area contributed by atoms with Gasteiger partial charge in [-0.3, -0.25) is 0 Å². The van der Waals surface area contributed by atoms with Gasteiger partial charge in [0.1, 0.15) is 11.6 Å². The van der Waals surface area contributed by atoms with Gasteiger partial charge in [-0.15, -0.1) is 0 Å². The van der Waals surface area contributed by atoms with Crippen LogP contribution in [0.4, 0.5) is 8.78 Å². The third-order valence-electron chi connectivity index (χ3n) is 4.07. The van der Waals surface area contributed by atoms with Crippen molar-refractivity contribution in [3.8, 4) is 0 Å². The maximum atomic E-state index is 14.0. The zero-order chi connectivity index (χ0) is 17.0. The lowest BCUT2D eigenvalue weighted by Gasteiger charge is -2.29. The smallest absolute Gasteiger partial charge is 0.279 e. The molecule has 1 saturated heterocycles. The third kappa shape index (κ3) is 4.47. The van der Waals surface area contributed by atoms with Crippen molar-refractivity contribution in [1.29, 1.82) is 0 Å². The van der Waals surface area contributed by atoms with Crippen molar-refractivity contribution in [2.75, 3.05) is 33.7 Å². The summed E-state index contributed by atoms with van der Waals surface area (Å²) in [7, 11) is -0.317. The maximum Gasteiger partial charge on any atom is 0.279 e. The van der Waals surface area contributed by atoms with E-state index >= 15 is 0 Å². The summed E-state index contributed by atoms with van der Waals surface area (Å²) in [6, 6.07) is 2.91. The standard InChI is InChI=1S/C15H23F2N3O2S/c1-19(2)14(15-12(16)7-6-8-13(15)17)11-18-23(21,22)20-9-4-3-5-10-20/h6-8,14,18H,3-5,9-11H2,1-2H3/t14-/m0/s1. The summed E-state index contributed by atoms with van der Waals surface area (Å²) >= 11 is 0. The normalized spacial score (nSPS) is 18.3. The van der Waals surface area contributed by atoms with Crippen molar-refractivity contribution in [2.45, 2.75) is 25.3 Å². The minimum Gasteiger partial charge on any atom is -0.301 e. The highest BCUT2D eigenvalue weighted by Crippen LogP contribution is 2.24. The molecule has 130 valence electrons. The molecular formula is C15H23F2N3O2S. The second kappa shape index (κ2) is 7.65. The highest BCUT2D eigenvalue weighted by Gasteiger charge is 2.27. The van der Waals surface area contributed by atoms with E-state index in [1.54, 1.807) is 19.0 Å². The molecule has 0 bridgehead atoms. The summed E-state index contributed by atoms with van der Waals surface area (Å²) < 4.78 is 56.5. The first-order valence-electron chi connectivity index (χ1n) is 7.68. The van der Waals surface area contributed by atoms with Gasteiger partial charge in [-0.2, -0.15) is 12.7 Å². The van der Waals surface area contributed by atoms with Gasteiger partial charge in [0.25, 0.3) is 10.2 Å². The minimum atomic E-state index is -3.63. The Balaban J connectivity index is 2.14. The van der Waals surface area contributed by atoms with Gasteiger partial charge in [0, 0.05) is 25.2 Å². The Labute approximate surface area is 136 Å². The van der Waals surface area contributed by atoms with Crippen LogP contribution in [0.25, 0.3) is 0 Å². The number of hydrogen-bond acceptors (Lipinski definition) is 3. The molecule has 0 spiro atoms. The van der Waals surface area contributed by atoms with Crippen LogP contribution in [0.15, 0.2) is 18.2 Å². The van der Waals surface area contributed by atoms with Crippen LogP contribution in [0.5, 0.6) is 0 Å². The van der Waals surface area contributed by atoms with Crippen LogP contribution >= 0.6 is 0 Å². The monoisotopic (exact) mass is 347 g/mol. The van der Waals surface area contributed by atoms with Crippen molar-refractivity contribution in [2.24, 2.45) is 0 Å². The molecule has 0 aromatic heterocycles. The Bertz CT molecular complexity index is 611. The van der Waals surface area contributed by atoms with Crippen molar-refractivity contribution in [1.82, 2.24) is 13.9 Å². The Morgan fingerprint density at radius 1 is 1.17 bits per heavy atom. The first kappa shape index (κ1) is 18.3. The van der Waals surface area contributed by atoms with Crippen LogP contribution in [0.1, 0.15) is 30.9 Å². The Hall–Kier alpha value is -1.09. The van der Waals surface area contributed by atoms with Crippen LogP contribution < -0.4 is 4.72 Å². The highest BCUT2D eigenvalue weighted by molar-refractivity contribution is 7.87. The second-order valence-corrected chi connectivity index (χ2v) is 7.68. The van der Waals surface area contributed by atoms with E-state index in [4.69, 9.17) is 0 Å². The summed E-state index contributed by atoms with van der Waals surface area (Å²) in [5.74, 6) is -1.36. The zero-order valence-corrected chi connectivity index (χ0v) is 14.2. The van der Waals surface area contributed by atoms with E-state index in [0.717, 1.165) is 19.3 Å². The maximum absolute atomic E-state index is 14.0. The number of halogens is 2. The number of nitrogens with zero attached hydrogens (tertiary/aromatic N) is 2. The van der Waals surface area contributed by atoms with Gasteiger partial charge in [-0.05, 0) is 39.1 Å². The molecule has 1 aliphatic rings. The Morgan fingerprint density at radius 3 is 2.26 bits per heavy atom. The summed E-state index contributed by atoms with van der Waals surface area (Å²) in [5.41, 5.74) is -0.126. The van der Waals surface area contributed by atoms with Crippen LogP contribution in [0.2, 0.25) is 0 Å². The SMILES string of the molecule is CN(C)[C@@H](CNS(=O)(=O)N1CCCCC1)c1c(F)cccc1F. The largest absolute Gasteiger partial charge is 0.301 e. The van der Waals surface area contributed by atoms with E-state index in [1.165, 1.54) is 22.5 Å². The summed E-state index contributed by atoms with van der Waals surface area (Å²) in [6.45, 7) is 0.871. The molecule has 1 aromatic rings. The summed E-state index contributed by atoms with van der Waals surface area (Å²) in [5, 5.41) is 0.